The quantitative estimate of drug-likeness (QED) is 0.302. The van der Waals surface area contributed by atoms with Crippen LogP contribution >= 0.6 is 0 Å². The second-order valence-corrected chi connectivity index (χ2v) is 9.72. The van der Waals surface area contributed by atoms with E-state index in [1.807, 2.05) is 81.4 Å². The molecule has 0 radical (unpaired) electrons. The number of nitrogens with one attached hydrogen (secondary N) is 1. The van der Waals surface area contributed by atoms with Crippen LogP contribution in [0.5, 0.6) is 11.5 Å². The molecule has 6 nitrogen and oxygen atoms in total. The van der Waals surface area contributed by atoms with Crippen molar-refractivity contribution in [1.29, 1.82) is 0 Å². The lowest BCUT2D eigenvalue weighted by Crippen LogP contribution is -2.51. The van der Waals surface area contributed by atoms with Gasteiger partial charge in [0.25, 0.3) is 5.91 Å². The second-order valence-electron chi connectivity index (χ2n) is 9.72. The molecule has 202 valence electrons. The molecule has 0 heterocycles. The van der Waals surface area contributed by atoms with E-state index in [2.05, 4.69) is 18.3 Å². The Hall–Kier alpha value is -3.80. The summed E-state index contributed by atoms with van der Waals surface area (Å²) in [6, 6.07) is 20.7. The number of carbonyl (C=O) groups is 2. The molecule has 0 saturated heterocycles. The first kappa shape index (κ1) is 28.8. The molecule has 0 aliphatic carbocycles. The molecule has 0 aromatic heterocycles. The predicted molar refractivity (Wildman–Crippen MR) is 152 cm³/mol. The molecule has 1 unspecified atom stereocenters. The number of unbranched alkanes of at least 4 members (excludes halogenated alkanes) is 1. The first-order chi connectivity index (χ1) is 18.3. The molecule has 0 spiro atoms. The summed E-state index contributed by atoms with van der Waals surface area (Å²) in [7, 11) is 1.61. The van der Waals surface area contributed by atoms with Crippen LogP contribution in [0, 0.1) is 20.8 Å². The van der Waals surface area contributed by atoms with Crippen LogP contribution in [0.1, 0.15) is 47.6 Å². The van der Waals surface area contributed by atoms with Crippen molar-refractivity contribution in [3.05, 3.63) is 94.5 Å². The van der Waals surface area contributed by atoms with Crippen molar-refractivity contribution in [2.45, 2.75) is 59.5 Å². The molecule has 2 amide bonds. The molecule has 6 heteroatoms. The van der Waals surface area contributed by atoms with E-state index in [1.165, 1.54) is 0 Å². The Morgan fingerprint density at radius 3 is 2.39 bits per heavy atom. The largest absolute Gasteiger partial charge is 0.497 e. The topological polar surface area (TPSA) is 67.9 Å². The predicted octanol–water partition coefficient (Wildman–Crippen LogP) is 5.56. The van der Waals surface area contributed by atoms with E-state index >= 15 is 0 Å². The summed E-state index contributed by atoms with van der Waals surface area (Å²) in [6.07, 6.45) is 2.25. The fourth-order valence-electron chi connectivity index (χ4n) is 4.40. The maximum absolute atomic E-state index is 13.8. The van der Waals surface area contributed by atoms with Crippen LogP contribution in [-0.2, 0) is 22.6 Å². The summed E-state index contributed by atoms with van der Waals surface area (Å²) in [5.74, 6) is 0.965. The van der Waals surface area contributed by atoms with E-state index in [0.29, 0.717) is 24.5 Å². The molecule has 3 aromatic carbocycles. The first-order valence-corrected chi connectivity index (χ1v) is 13.3. The Morgan fingerprint density at radius 2 is 1.68 bits per heavy atom. The highest BCUT2D eigenvalue weighted by molar-refractivity contribution is 5.88. The summed E-state index contributed by atoms with van der Waals surface area (Å²) >= 11 is 0. The molecule has 0 aliphatic rings. The van der Waals surface area contributed by atoms with E-state index in [9.17, 15) is 9.59 Å². The summed E-state index contributed by atoms with van der Waals surface area (Å²) in [6.45, 7) is 8.77. The van der Waals surface area contributed by atoms with Gasteiger partial charge in [-0.1, -0.05) is 61.9 Å². The average molecular weight is 517 g/mol. The van der Waals surface area contributed by atoms with Crippen LogP contribution in [0.3, 0.4) is 0 Å². The van der Waals surface area contributed by atoms with Crippen LogP contribution in [0.4, 0.5) is 0 Å². The SMILES string of the molecule is CCCCNC(=O)C(Cc1ccccc1)N(Cc1cccc(OC)c1)C(=O)COc1cc(C)cc(C)c1C. The Bertz CT molecular complexity index is 1210. The van der Waals surface area contributed by atoms with Gasteiger partial charge >= 0.3 is 0 Å². The lowest BCUT2D eigenvalue weighted by molar-refractivity contribution is -0.142. The van der Waals surface area contributed by atoms with Crippen molar-refractivity contribution in [3.63, 3.8) is 0 Å². The Morgan fingerprint density at radius 1 is 0.947 bits per heavy atom. The van der Waals surface area contributed by atoms with Gasteiger partial charge in [-0.05, 0) is 73.2 Å². The van der Waals surface area contributed by atoms with E-state index in [1.54, 1.807) is 12.0 Å². The maximum Gasteiger partial charge on any atom is 0.261 e. The molecule has 0 fully saturated rings. The molecule has 1 N–H and O–H groups in total. The number of aryl methyl sites for hydroxylation is 2. The number of ether oxygens (including phenoxy) is 2. The minimum absolute atomic E-state index is 0.165. The highest BCUT2D eigenvalue weighted by Crippen LogP contribution is 2.24. The van der Waals surface area contributed by atoms with Gasteiger partial charge in [0.2, 0.25) is 5.91 Å². The fourth-order valence-corrected chi connectivity index (χ4v) is 4.40. The van der Waals surface area contributed by atoms with Crippen molar-refractivity contribution >= 4 is 11.8 Å². The summed E-state index contributed by atoms with van der Waals surface area (Å²) < 4.78 is 11.5. The third-order valence-electron chi connectivity index (χ3n) is 6.70. The average Bonchev–Trinajstić information content (AvgIpc) is 2.92. The molecular weight excluding hydrogens is 476 g/mol. The van der Waals surface area contributed by atoms with Gasteiger partial charge in [-0.3, -0.25) is 9.59 Å². The minimum Gasteiger partial charge on any atom is -0.497 e. The van der Waals surface area contributed by atoms with Crippen LogP contribution < -0.4 is 14.8 Å². The normalized spacial score (nSPS) is 11.5. The number of methoxy groups -OCH3 is 1. The molecule has 0 saturated carbocycles. The zero-order chi connectivity index (χ0) is 27.5. The van der Waals surface area contributed by atoms with Crippen molar-refractivity contribution < 1.29 is 19.1 Å². The minimum atomic E-state index is -0.697. The zero-order valence-electron chi connectivity index (χ0n) is 23.3. The standard InChI is InChI=1S/C32H40N2O4/c1-6-7-16-33-32(36)29(20-26-12-9-8-10-13-26)34(21-27-14-11-15-28(19-27)37-5)31(35)22-38-30-18-23(2)17-24(3)25(30)4/h8-15,17-19,29H,6-7,16,20-22H2,1-5H3,(H,33,36). The molecular formula is C32H40N2O4. The highest BCUT2D eigenvalue weighted by atomic mass is 16.5. The Labute approximate surface area is 227 Å². The number of hydrogen-bond acceptors (Lipinski definition) is 4. The van der Waals surface area contributed by atoms with Crippen LogP contribution in [0.2, 0.25) is 0 Å². The monoisotopic (exact) mass is 516 g/mol. The lowest BCUT2D eigenvalue weighted by atomic mass is 10.0. The highest BCUT2D eigenvalue weighted by Gasteiger charge is 2.30. The zero-order valence-corrected chi connectivity index (χ0v) is 23.3. The van der Waals surface area contributed by atoms with Gasteiger partial charge in [-0.2, -0.15) is 0 Å². The van der Waals surface area contributed by atoms with E-state index in [-0.39, 0.29) is 25.0 Å². The molecule has 3 aromatic rings. The number of amides is 2. The maximum atomic E-state index is 13.8. The van der Waals surface area contributed by atoms with Crippen LogP contribution in [0.25, 0.3) is 0 Å². The lowest BCUT2D eigenvalue weighted by Gasteiger charge is -2.31. The first-order valence-electron chi connectivity index (χ1n) is 13.3. The van der Waals surface area contributed by atoms with Crippen molar-refractivity contribution in [1.82, 2.24) is 10.2 Å². The third-order valence-corrected chi connectivity index (χ3v) is 6.70. The second kappa shape index (κ2) is 14.2. The van der Waals surface area contributed by atoms with Gasteiger partial charge < -0.3 is 19.7 Å². The molecule has 38 heavy (non-hydrogen) atoms. The van der Waals surface area contributed by atoms with Crippen LogP contribution in [-0.4, -0.2) is 43.0 Å². The van der Waals surface area contributed by atoms with Gasteiger partial charge in [-0.15, -0.1) is 0 Å². The molecule has 3 rings (SSSR count). The Kier molecular flexibility index (Phi) is 10.8. The van der Waals surface area contributed by atoms with Gasteiger partial charge in [0, 0.05) is 19.5 Å². The van der Waals surface area contributed by atoms with Crippen molar-refractivity contribution in [3.8, 4) is 11.5 Å². The number of hydrogen-bond donors (Lipinski definition) is 1. The van der Waals surface area contributed by atoms with Gasteiger partial charge in [0.15, 0.2) is 6.61 Å². The summed E-state index contributed by atoms with van der Waals surface area (Å²) in [5.41, 5.74) is 5.04. The van der Waals surface area contributed by atoms with Gasteiger partial charge in [0.05, 0.1) is 7.11 Å². The van der Waals surface area contributed by atoms with Crippen molar-refractivity contribution in [2.75, 3.05) is 20.3 Å². The van der Waals surface area contributed by atoms with E-state index < -0.39 is 6.04 Å². The smallest absolute Gasteiger partial charge is 0.261 e. The number of rotatable bonds is 13. The number of carbonyl (C=O) groups excluding carboxylic acids is 2. The van der Waals surface area contributed by atoms with Gasteiger partial charge in [-0.25, -0.2) is 0 Å². The van der Waals surface area contributed by atoms with Gasteiger partial charge in [0.1, 0.15) is 17.5 Å². The van der Waals surface area contributed by atoms with E-state index in [0.717, 1.165) is 40.7 Å². The van der Waals surface area contributed by atoms with Crippen molar-refractivity contribution in [2.24, 2.45) is 0 Å². The Balaban J connectivity index is 1.93. The fraction of sp³-hybridized carbons (Fsp3) is 0.375. The number of benzene rings is 3. The molecule has 0 bridgehead atoms. The summed E-state index contributed by atoms with van der Waals surface area (Å²) in [5, 5.41) is 3.05. The third kappa shape index (κ3) is 8.10. The van der Waals surface area contributed by atoms with Crippen LogP contribution in [0.15, 0.2) is 66.7 Å². The number of nitrogens with zero attached hydrogens (tertiary/aromatic N) is 1. The van der Waals surface area contributed by atoms with E-state index in [4.69, 9.17) is 9.47 Å². The molecule has 1 atom stereocenters. The molecule has 0 aliphatic heterocycles. The summed E-state index contributed by atoms with van der Waals surface area (Å²) in [4.78, 5) is 29.0.